The molecule has 0 fully saturated rings. The lowest BCUT2D eigenvalue weighted by Crippen LogP contribution is -2.47. The first kappa shape index (κ1) is 16.0. The Morgan fingerprint density at radius 2 is 2.12 bits per heavy atom. The molecule has 0 amide bonds. The molecule has 0 aliphatic carbocycles. The van der Waals surface area contributed by atoms with E-state index in [0.29, 0.717) is 19.0 Å². The summed E-state index contributed by atoms with van der Waals surface area (Å²) in [5, 5.41) is 0. The quantitative estimate of drug-likeness (QED) is 0.223. The Hall–Kier alpha value is -0.983. The highest BCUT2D eigenvalue weighted by molar-refractivity contribution is 6.60. The van der Waals surface area contributed by atoms with Crippen LogP contribution in [0, 0.1) is 0 Å². The van der Waals surface area contributed by atoms with Crippen molar-refractivity contribution < 1.29 is 18.2 Å². The number of nitrogens with zero attached hydrogens (tertiary/aromatic N) is 1. The summed E-state index contributed by atoms with van der Waals surface area (Å²) in [6, 6.07) is 0.579. The van der Waals surface area contributed by atoms with E-state index in [-0.39, 0.29) is 0 Å². The Bertz CT molecular complexity index is 286. The van der Waals surface area contributed by atoms with Crippen LogP contribution in [0.25, 0.3) is 0 Å². The van der Waals surface area contributed by atoms with Crippen LogP contribution in [-0.4, -0.2) is 35.6 Å². The zero-order chi connectivity index (χ0) is 13.1. The fourth-order valence-corrected chi connectivity index (χ4v) is 2.81. The van der Waals surface area contributed by atoms with Crippen molar-refractivity contribution in [2.75, 3.05) is 20.8 Å². The summed E-state index contributed by atoms with van der Waals surface area (Å²) in [4.78, 5) is 13.4. The number of hydroxylamine groups is 1. The van der Waals surface area contributed by atoms with Gasteiger partial charge in [0.15, 0.2) is 0 Å². The Morgan fingerprint density at radius 3 is 2.59 bits per heavy atom. The third-order valence-electron chi connectivity index (χ3n) is 2.24. The second-order valence-corrected chi connectivity index (χ2v) is 6.23. The molecule has 0 aromatic rings. The van der Waals surface area contributed by atoms with E-state index in [0.717, 1.165) is 5.70 Å². The Morgan fingerprint density at radius 1 is 1.47 bits per heavy atom. The summed E-state index contributed by atoms with van der Waals surface area (Å²) in [7, 11) is 0.380. The maximum Gasteiger partial charge on any atom is 0.522 e. The van der Waals surface area contributed by atoms with E-state index < -0.39 is 8.80 Å². The molecule has 1 N–H and O–H groups in total. The van der Waals surface area contributed by atoms with E-state index in [2.05, 4.69) is 10.5 Å². The first-order chi connectivity index (χ1) is 8.14. The molecule has 0 saturated carbocycles. The highest BCUT2D eigenvalue weighted by Crippen LogP contribution is 2.15. The summed E-state index contributed by atoms with van der Waals surface area (Å²) < 4.78 is 16.2. The molecule has 0 heterocycles. The fourth-order valence-electron chi connectivity index (χ4n) is 1.06. The van der Waals surface area contributed by atoms with Crippen molar-refractivity contribution in [3.05, 3.63) is 11.8 Å². The van der Waals surface area contributed by atoms with Gasteiger partial charge in [-0.1, -0.05) is 6.08 Å². The molecule has 0 aliphatic heterocycles. The molecule has 6 nitrogen and oxygen atoms in total. The molecule has 0 atom stereocenters. The minimum atomic E-state index is -2.71. The standard InChI is InChI=1S/C10H20N2O4Si/c1-5-10(2)12-16-17(14-3,15-4)8-6-7-11-9-13/h5,12H,6-8H2,1-4H3. The number of isocyanates is 1. The molecule has 0 unspecified atom stereocenters. The zero-order valence-electron chi connectivity index (χ0n) is 10.8. The van der Waals surface area contributed by atoms with Crippen molar-refractivity contribution in [1.29, 1.82) is 0 Å². The number of aliphatic imine (C=N–C) groups is 1. The van der Waals surface area contributed by atoms with Crippen molar-refractivity contribution in [3.8, 4) is 0 Å². The predicted molar refractivity (Wildman–Crippen MR) is 65.8 cm³/mol. The molecule has 0 aromatic heterocycles. The SMILES string of the molecule is CC=C(C)NO[Si](CCCN=C=O)(OC)OC. The monoisotopic (exact) mass is 260 g/mol. The molecular weight excluding hydrogens is 240 g/mol. The van der Waals surface area contributed by atoms with E-state index in [1.54, 1.807) is 14.2 Å². The van der Waals surface area contributed by atoms with Gasteiger partial charge in [0.1, 0.15) is 0 Å². The summed E-state index contributed by atoms with van der Waals surface area (Å²) in [5.74, 6) is 0. The van der Waals surface area contributed by atoms with Gasteiger partial charge in [0.2, 0.25) is 6.08 Å². The molecule has 0 radical (unpaired) electrons. The molecule has 98 valence electrons. The second kappa shape index (κ2) is 9.09. The minimum absolute atomic E-state index is 0.400. The van der Waals surface area contributed by atoms with Gasteiger partial charge in [-0.25, -0.2) is 9.79 Å². The topological polar surface area (TPSA) is 69.2 Å². The van der Waals surface area contributed by atoms with Crippen LogP contribution in [0.15, 0.2) is 16.8 Å². The van der Waals surface area contributed by atoms with Crippen LogP contribution < -0.4 is 5.48 Å². The van der Waals surface area contributed by atoms with Crippen molar-refractivity contribution >= 4 is 14.9 Å². The molecule has 0 aromatic carbocycles. The highest BCUT2D eigenvalue weighted by Gasteiger charge is 2.39. The van der Waals surface area contributed by atoms with Gasteiger partial charge in [0, 0.05) is 26.0 Å². The molecular formula is C10H20N2O4Si. The molecule has 0 rings (SSSR count). The van der Waals surface area contributed by atoms with Crippen LogP contribution in [0.2, 0.25) is 6.04 Å². The normalized spacial score (nSPS) is 12.1. The van der Waals surface area contributed by atoms with Crippen LogP contribution in [0.3, 0.4) is 0 Å². The van der Waals surface area contributed by atoms with Crippen molar-refractivity contribution in [1.82, 2.24) is 5.48 Å². The number of rotatable bonds is 9. The van der Waals surface area contributed by atoms with Gasteiger partial charge in [-0.2, -0.15) is 0 Å². The summed E-state index contributed by atoms with van der Waals surface area (Å²) in [6.07, 6.45) is 4.02. The second-order valence-electron chi connectivity index (χ2n) is 3.34. The van der Waals surface area contributed by atoms with E-state index in [1.807, 2.05) is 19.9 Å². The Labute approximate surface area is 103 Å². The molecule has 17 heavy (non-hydrogen) atoms. The third kappa shape index (κ3) is 6.35. The summed E-state index contributed by atoms with van der Waals surface area (Å²) in [6.45, 7) is 4.17. The molecule has 0 aliphatic rings. The number of hydrogen-bond donors (Lipinski definition) is 1. The van der Waals surface area contributed by atoms with Crippen LogP contribution >= 0.6 is 0 Å². The van der Waals surface area contributed by atoms with Gasteiger partial charge in [-0.15, -0.1) is 0 Å². The maximum atomic E-state index is 9.93. The van der Waals surface area contributed by atoms with E-state index in [9.17, 15) is 4.79 Å². The maximum absolute atomic E-state index is 9.93. The Kier molecular flexibility index (Phi) is 8.56. The van der Waals surface area contributed by atoms with Gasteiger partial charge in [0.25, 0.3) is 0 Å². The Balaban J connectivity index is 4.28. The van der Waals surface area contributed by atoms with Gasteiger partial charge in [-0.05, 0) is 20.3 Å². The highest BCUT2D eigenvalue weighted by atomic mass is 28.4. The lowest BCUT2D eigenvalue weighted by Gasteiger charge is -2.26. The van der Waals surface area contributed by atoms with Crippen LogP contribution in [0.1, 0.15) is 20.3 Å². The van der Waals surface area contributed by atoms with Crippen LogP contribution in [-0.2, 0) is 18.2 Å². The number of nitrogens with one attached hydrogen (secondary N) is 1. The number of carbonyl (C=O) groups excluding carboxylic acids is 1. The summed E-state index contributed by atoms with van der Waals surface area (Å²) >= 11 is 0. The van der Waals surface area contributed by atoms with Gasteiger partial charge >= 0.3 is 8.80 Å². The molecule has 0 spiro atoms. The molecule has 0 bridgehead atoms. The summed E-state index contributed by atoms with van der Waals surface area (Å²) in [5.41, 5.74) is 3.66. The van der Waals surface area contributed by atoms with E-state index in [4.69, 9.17) is 13.4 Å². The first-order valence-electron chi connectivity index (χ1n) is 5.35. The van der Waals surface area contributed by atoms with Crippen molar-refractivity contribution in [2.24, 2.45) is 4.99 Å². The molecule has 7 heteroatoms. The smallest absolute Gasteiger partial charge is 0.376 e. The number of allylic oxidation sites excluding steroid dienone is 2. The minimum Gasteiger partial charge on any atom is -0.376 e. The van der Waals surface area contributed by atoms with Gasteiger partial charge < -0.3 is 8.85 Å². The van der Waals surface area contributed by atoms with Crippen LogP contribution in [0.4, 0.5) is 0 Å². The fraction of sp³-hybridized carbons (Fsp3) is 0.700. The average molecular weight is 260 g/mol. The van der Waals surface area contributed by atoms with Crippen LogP contribution in [0.5, 0.6) is 0 Å². The first-order valence-corrected chi connectivity index (χ1v) is 7.28. The zero-order valence-corrected chi connectivity index (χ0v) is 11.8. The lowest BCUT2D eigenvalue weighted by atomic mass is 10.5. The van der Waals surface area contributed by atoms with Crippen molar-refractivity contribution in [2.45, 2.75) is 26.3 Å². The average Bonchev–Trinajstić information content (AvgIpc) is 2.38. The molecule has 0 saturated heterocycles. The third-order valence-corrected chi connectivity index (χ3v) is 4.86. The van der Waals surface area contributed by atoms with Gasteiger partial charge in [-0.3, -0.25) is 10.0 Å². The predicted octanol–water partition coefficient (Wildman–Crippen LogP) is 1.39. The van der Waals surface area contributed by atoms with E-state index >= 15 is 0 Å². The number of hydrogen-bond acceptors (Lipinski definition) is 6. The van der Waals surface area contributed by atoms with E-state index in [1.165, 1.54) is 6.08 Å². The van der Waals surface area contributed by atoms with Gasteiger partial charge in [0.05, 0.1) is 6.54 Å². The lowest BCUT2D eigenvalue weighted by molar-refractivity contribution is 0.0600. The largest absolute Gasteiger partial charge is 0.522 e. The van der Waals surface area contributed by atoms with Crippen molar-refractivity contribution in [3.63, 3.8) is 0 Å².